The number of benzene rings is 3. The summed E-state index contributed by atoms with van der Waals surface area (Å²) in [6, 6.07) is 24.2. The minimum Gasteiger partial charge on any atom is -0.349 e. The number of amides is 2. The van der Waals surface area contributed by atoms with Crippen molar-refractivity contribution in [2.75, 3.05) is 18.4 Å². The molecule has 1 aliphatic rings. The van der Waals surface area contributed by atoms with Crippen LogP contribution in [0.4, 0.5) is 11.5 Å². The van der Waals surface area contributed by atoms with Crippen LogP contribution in [0.1, 0.15) is 33.6 Å². The van der Waals surface area contributed by atoms with Crippen molar-refractivity contribution < 1.29 is 9.59 Å². The van der Waals surface area contributed by atoms with E-state index < -0.39 is 0 Å². The van der Waals surface area contributed by atoms with Crippen molar-refractivity contribution in [1.82, 2.24) is 35.2 Å². The molecule has 0 spiro atoms. The number of piperidine rings is 1. The molecule has 184 valence electrons. The van der Waals surface area contributed by atoms with Gasteiger partial charge >= 0.3 is 0 Å². The molecule has 37 heavy (non-hydrogen) atoms. The highest BCUT2D eigenvalue weighted by atomic mass is 16.2. The Morgan fingerprint density at radius 2 is 1.57 bits per heavy atom. The number of aromatic nitrogens is 5. The fourth-order valence-corrected chi connectivity index (χ4v) is 4.59. The zero-order valence-corrected chi connectivity index (χ0v) is 19.9. The Labute approximate surface area is 212 Å². The van der Waals surface area contributed by atoms with Gasteiger partial charge in [-0.2, -0.15) is 4.52 Å². The number of hydrogen-bond acceptors (Lipinski definition) is 7. The van der Waals surface area contributed by atoms with Crippen LogP contribution in [0.3, 0.4) is 0 Å². The van der Waals surface area contributed by atoms with Crippen LogP contribution in [-0.2, 0) is 0 Å². The van der Waals surface area contributed by atoms with Crippen LogP contribution in [0.5, 0.6) is 0 Å². The predicted octanol–water partition coefficient (Wildman–Crippen LogP) is 3.45. The number of nitrogens with one attached hydrogen (secondary N) is 2. The van der Waals surface area contributed by atoms with Gasteiger partial charge in [0.25, 0.3) is 11.8 Å². The van der Waals surface area contributed by atoms with Crippen molar-refractivity contribution in [2.45, 2.75) is 18.9 Å². The first-order valence-electron chi connectivity index (χ1n) is 12.1. The molecule has 1 fully saturated rings. The Morgan fingerprint density at radius 1 is 0.838 bits per heavy atom. The molecule has 0 unspecified atom stereocenters. The highest BCUT2D eigenvalue weighted by Gasteiger charge is 2.25. The molecule has 10 heteroatoms. The minimum absolute atomic E-state index is 0.0211. The normalized spacial score (nSPS) is 14.1. The molecule has 3 aromatic carbocycles. The van der Waals surface area contributed by atoms with Crippen LogP contribution < -0.4 is 10.6 Å². The van der Waals surface area contributed by atoms with E-state index in [1.807, 2.05) is 59.5 Å². The molecule has 1 saturated heterocycles. The second-order valence-electron chi connectivity index (χ2n) is 8.97. The van der Waals surface area contributed by atoms with Gasteiger partial charge in [0.15, 0.2) is 5.82 Å². The average molecular weight is 493 g/mol. The fourth-order valence-electron chi connectivity index (χ4n) is 4.59. The fraction of sp³-hybridized carbons (Fsp3) is 0.185. The van der Waals surface area contributed by atoms with E-state index >= 15 is 0 Å². The van der Waals surface area contributed by atoms with E-state index in [1.165, 1.54) is 0 Å². The van der Waals surface area contributed by atoms with Gasteiger partial charge in [-0.25, -0.2) is 4.98 Å². The Hall–Kier alpha value is -4.86. The highest BCUT2D eigenvalue weighted by Crippen LogP contribution is 2.23. The van der Waals surface area contributed by atoms with Gasteiger partial charge in [0, 0.05) is 35.9 Å². The quantitative estimate of drug-likeness (QED) is 0.386. The number of tetrazole rings is 1. The largest absolute Gasteiger partial charge is 0.349 e. The number of likely N-dealkylation sites (tertiary alicyclic amines) is 1. The van der Waals surface area contributed by atoms with Crippen LogP contribution in [0, 0.1) is 0 Å². The third kappa shape index (κ3) is 4.56. The standard InChI is InChI=1S/C27H24N8O2/c36-26(18-6-2-1-3-7-18)29-21-14-16-34(17-15-21)27(37)19-10-12-20(13-11-19)28-24-25-31-32-33-35(25)23-9-5-4-8-22(23)30-24/h1-13,21H,14-17H2,(H,28,30)(H,29,36). The van der Waals surface area contributed by atoms with Crippen LogP contribution >= 0.6 is 0 Å². The zero-order chi connectivity index (χ0) is 25.2. The number of carbonyl (C=O) groups excluding carboxylic acids is 2. The average Bonchev–Trinajstić information content (AvgIpc) is 3.45. The van der Waals surface area contributed by atoms with Gasteiger partial charge in [0.1, 0.15) is 0 Å². The first kappa shape index (κ1) is 22.6. The second-order valence-corrected chi connectivity index (χ2v) is 8.97. The van der Waals surface area contributed by atoms with Crippen molar-refractivity contribution in [3.05, 3.63) is 90.0 Å². The van der Waals surface area contributed by atoms with Crippen LogP contribution in [0.25, 0.3) is 16.7 Å². The van der Waals surface area contributed by atoms with E-state index in [4.69, 9.17) is 0 Å². The molecular formula is C27H24N8O2. The van der Waals surface area contributed by atoms with Gasteiger partial charge in [0.2, 0.25) is 5.65 Å². The van der Waals surface area contributed by atoms with Gasteiger partial charge in [-0.3, -0.25) is 9.59 Å². The zero-order valence-electron chi connectivity index (χ0n) is 19.9. The molecule has 6 rings (SSSR count). The van der Waals surface area contributed by atoms with Crippen molar-refractivity contribution >= 4 is 40.0 Å². The van der Waals surface area contributed by atoms with Gasteiger partial charge < -0.3 is 15.5 Å². The SMILES string of the molecule is O=C(NC1CCN(C(=O)c2ccc(Nc3nc4ccccc4n4nnnc34)cc2)CC1)c1ccccc1. The summed E-state index contributed by atoms with van der Waals surface area (Å²) < 4.78 is 1.65. The summed E-state index contributed by atoms with van der Waals surface area (Å²) in [7, 11) is 0. The molecule has 0 bridgehead atoms. The molecule has 1 aliphatic heterocycles. The topological polar surface area (TPSA) is 117 Å². The van der Waals surface area contributed by atoms with E-state index in [-0.39, 0.29) is 17.9 Å². The highest BCUT2D eigenvalue weighted by molar-refractivity contribution is 5.95. The maximum Gasteiger partial charge on any atom is 0.253 e. The first-order chi connectivity index (χ1) is 18.2. The molecule has 0 atom stereocenters. The smallest absolute Gasteiger partial charge is 0.253 e. The van der Waals surface area contributed by atoms with Crippen LogP contribution in [0.2, 0.25) is 0 Å². The summed E-state index contributed by atoms with van der Waals surface area (Å²) in [5, 5.41) is 18.3. The molecule has 0 aliphatic carbocycles. The second kappa shape index (κ2) is 9.65. The molecule has 0 radical (unpaired) electrons. The Bertz CT molecular complexity index is 1580. The predicted molar refractivity (Wildman–Crippen MR) is 139 cm³/mol. The Morgan fingerprint density at radius 3 is 2.35 bits per heavy atom. The van der Waals surface area contributed by atoms with E-state index in [0.29, 0.717) is 35.7 Å². The van der Waals surface area contributed by atoms with Gasteiger partial charge in [-0.15, -0.1) is 5.10 Å². The number of fused-ring (bicyclic) bond motifs is 3. The number of carbonyl (C=O) groups is 2. The maximum atomic E-state index is 13.1. The molecule has 10 nitrogen and oxygen atoms in total. The number of hydrogen-bond donors (Lipinski definition) is 2. The summed E-state index contributed by atoms with van der Waals surface area (Å²) >= 11 is 0. The lowest BCUT2D eigenvalue weighted by molar-refractivity contribution is 0.0698. The van der Waals surface area contributed by atoms with Gasteiger partial charge in [-0.1, -0.05) is 30.3 Å². The van der Waals surface area contributed by atoms with E-state index in [2.05, 4.69) is 31.1 Å². The Balaban J connectivity index is 1.09. The monoisotopic (exact) mass is 492 g/mol. The molecular weight excluding hydrogens is 468 g/mol. The molecule has 0 saturated carbocycles. The molecule has 2 aromatic heterocycles. The Kier molecular flexibility index (Phi) is 5.89. The van der Waals surface area contributed by atoms with Gasteiger partial charge in [-0.05, 0) is 71.8 Å². The minimum atomic E-state index is -0.0754. The third-order valence-electron chi connectivity index (χ3n) is 6.57. The lowest BCUT2D eigenvalue weighted by Crippen LogP contribution is -2.46. The summed E-state index contributed by atoms with van der Waals surface area (Å²) in [5.74, 6) is 0.434. The van der Waals surface area contributed by atoms with Crippen molar-refractivity contribution in [3.8, 4) is 0 Å². The summed E-state index contributed by atoms with van der Waals surface area (Å²) in [4.78, 5) is 32.0. The molecule has 2 amide bonds. The van der Waals surface area contributed by atoms with E-state index in [9.17, 15) is 9.59 Å². The number of rotatable bonds is 5. The van der Waals surface area contributed by atoms with Gasteiger partial charge in [0.05, 0.1) is 11.0 Å². The van der Waals surface area contributed by atoms with Crippen LogP contribution in [0.15, 0.2) is 78.9 Å². The van der Waals surface area contributed by atoms with Crippen LogP contribution in [-0.4, -0.2) is 60.9 Å². The molecule has 5 aromatic rings. The molecule has 2 N–H and O–H groups in total. The maximum absolute atomic E-state index is 13.1. The van der Waals surface area contributed by atoms with E-state index in [0.717, 1.165) is 29.6 Å². The first-order valence-corrected chi connectivity index (χ1v) is 12.1. The summed E-state index contributed by atoms with van der Waals surface area (Å²) in [5.41, 5.74) is 4.12. The third-order valence-corrected chi connectivity index (χ3v) is 6.57. The van der Waals surface area contributed by atoms with Crippen molar-refractivity contribution in [1.29, 1.82) is 0 Å². The summed E-state index contributed by atoms with van der Waals surface area (Å²) in [6.45, 7) is 1.19. The molecule has 3 heterocycles. The van der Waals surface area contributed by atoms with E-state index in [1.54, 1.807) is 28.8 Å². The summed E-state index contributed by atoms with van der Waals surface area (Å²) in [6.07, 6.45) is 1.44. The number of nitrogens with zero attached hydrogens (tertiary/aromatic N) is 6. The number of anilines is 2. The lowest BCUT2D eigenvalue weighted by Gasteiger charge is -2.32. The van der Waals surface area contributed by atoms with Crippen molar-refractivity contribution in [3.63, 3.8) is 0 Å². The lowest BCUT2D eigenvalue weighted by atomic mass is 10.0. The van der Waals surface area contributed by atoms with Crippen molar-refractivity contribution in [2.24, 2.45) is 0 Å². The number of para-hydroxylation sites is 2.